The molecule has 0 aliphatic carbocycles. The van der Waals surface area contributed by atoms with Gasteiger partial charge in [-0.25, -0.2) is 13.8 Å². The minimum atomic E-state index is -0.827. The zero-order chi connectivity index (χ0) is 36.0. The van der Waals surface area contributed by atoms with Crippen molar-refractivity contribution in [2.45, 2.75) is 71.2 Å². The summed E-state index contributed by atoms with van der Waals surface area (Å²) in [5, 5.41) is 5.88. The zero-order valence-electron chi connectivity index (χ0n) is 29.2. The number of nitrogens with zero attached hydrogens (tertiary/aromatic N) is 4. The maximum absolute atomic E-state index is 14.4. The molecule has 50 heavy (non-hydrogen) atoms. The first-order chi connectivity index (χ1) is 23.8. The molecule has 0 bridgehead atoms. The van der Waals surface area contributed by atoms with Gasteiger partial charge in [0.1, 0.15) is 40.9 Å². The van der Waals surface area contributed by atoms with Crippen LogP contribution in [0, 0.1) is 17.0 Å². The van der Waals surface area contributed by atoms with Gasteiger partial charge in [0, 0.05) is 37.9 Å². The average molecular weight is 689 g/mol. The van der Waals surface area contributed by atoms with Crippen LogP contribution >= 0.6 is 0 Å². The fourth-order valence-electron chi connectivity index (χ4n) is 6.16. The number of benzene rings is 2. The number of carbonyl (C=O) groups excluding carboxylic acids is 3. The van der Waals surface area contributed by atoms with Gasteiger partial charge < -0.3 is 29.6 Å². The molecule has 10 nitrogen and oxygen atoms in total. The van der Waals surface area contributed by atoms with Gasteiger partial charge in [-0.3, -0.25) is 14.4 Å². The first-order valence-corrected chi connectivity index (χ1v) is 17.0. The summed E-state index contributed by atoms with van der Waals surface area (Å²) in [6.45, 7) is 8.34. The third kappa shape index (κ3) is 9.03. The molecule has 2 N–H and O–H groups in total. The molecule has 0 spiro atoms. The second-order valence-corrected chi connectivity index (χ2v) is 13.9. The standard InChI is InChI=1S/C38H46F2N6O4/c1-25(41-5)35(47)43-34(38(2,3)4)37(49)46-23-31(50-30-15-13-28(40)14-16-30)22-29(46)18-21-44(20-17-26-9-11-27(39)12-10-26)36(48)32-24-45-19-7-6-8-33(45)42-32/h6-16,19,24-25,29,31,34,41H,17-18,20-23H2,1-5H3,(H,43,47)/t25-,29+,31-,34+/m0/s1. The monoisotopic (exact) mass is 688 g/mol. The number of likely N-dealkylation sites (N-methyl/N-ethyl adjacent to an activating group) is 1. The van der Waals surface area contributed by atoms with E-state index in [1.165, 1.54) is 24.3 Å². The first kappa shape index (κ1) is 36.4. The molecule has 4 atom stereocenters. The minimum Gasteiger partial charge on any atom is -0.489 e. The van der Waals surface area contributed by atoms with Gasteiger partial charge in [0.2, 0.25) is 11.8 Å². The summed E-state index contributed by atoms with van der Waals surface area (Å²) in [6.07, 6.45) is 4.51. The molecule has 12 heteroatoms. The Labute approximate surface area is 291 Å². The van der Waals surface area contributed by atoms with Crippen LogP contribution in [0.3, 0.4) is 0 Å². The van der Waals surface area contributed by atoms with Crippen LogP contribution in [0.5, 0.6) is 5.75 Å². The van der Waals surface area contributed by atoms with Crippen LogP contribution in [-0.2, 0) is 16.0 Å². The highest BCUT2D eigenvalue weighted by Gasteiger charge is 2.43. The summed E-state index contributed by atoms with van der Waals surface area (Å²) in [5.41, 5.74) is 1.21. The van der Waals surface area contributed by atoms with Crippen molar-refractivity contribution in [3.05, 3.63) is 102 Å². The Kier molecular flexibility index (Phi) is 11.5. The van der Waals surface area contributed by atoms with Crippen molar-refractivity contribution in [2.75, 3.05) is 26.7 Å². The normalized spacial score (nSPS) is 17.4. The topological polar surface area (TPSA) is 108 Å². The van der Waals surface area contributed by atoms with Gasteiger partial charge in [-0.2, -0.15) is 0 Å². The van der Waals surface area contributed by atoms with Gasteiger partial charge >= 0.3 is 0 Å². The molecule has 4 aromatic rings. The number of halogens is 2. The van der Waals surface area contributed by atoms with Crippen molar-refractivity contribution < 1.29 is 27.9 Å². The minimum absolute atomic E-state index is 0.242. The Bertz CT molecular complexity index is 1740. The number of amides is 3. The largest absolute Gasteiger partial charge is 0.489 e. The lowest BCUT2D eigenvalue weighted by Gasteiger charge is -2.36. The molecule has 1 fully saturated rings. The average Bonchev–Trinajstić information content (AvgIpc) is 3.71. The van der Waals surface area contributed by atoms with Gasteiger partial charge in [0.05, 0.1) is 12.6 Å². The van der Waals surface area contributed by atoms with E-state index in [2.05, 4.69) is 15.6 Å². The summed E-state index contributed by atoms with van der Waals surface area (Å²) in [6, 6.07) is 15.8. The van der Waals surface area contributed by atoms with E-state index in [1.54, 1.807) is 58.6 Å². The Morgan fingerprint density at radius 2 is 1.68 bits per heavy atom. The second kappa shape index (κ2) is 15.8. The molecule has 2 aromatic heterocycles. The number of carbonyl (C=O) groups is 3. The Balaban J connectivity index is 1.40. The maximum Gasteiger partial charge on any atom is 0.274 e. The molecule has 0 radical (unpaired) electrons. The molecule has 1 aliphatic heterocycles. The van der Waals surface area contributed by atoms with Crippen LogP contribution in [0.2, 0.25) is 0 Å². The van der Waals surface area contributed by atoms with Crippen molar-refractivity contribution in [2.24, 2.45) is 5.41 Å². The summed E-state index contributed by atoms with van der Waals surface area (Å²) < 4.78 is 35.3. The third-order valence-electron chi connectivity index (χ3n) is 9.19. The molecule has 1 saturated heterocycles. The number of fused-ring (bicyclic) bond motifs is 1. The highest BCUT2D eigenvalue weighted by atomic mass is 19.1. The SMILES string of the molecule is CN[C@@H](C)C(=O)N[C@H](C(=O)N1C[C@@H](Oc2ccc(F)cc2)C[C@H]1CCN(CCc1ccc(F)cc1)C(=O)c1cn2ccccc2n1)C(C)(C)C. The second-order valence-electron chi connectivity index (χ2n) is 13.9. The number of ether oxygens (including phenoxy) is 1. The van der Waals surface area contributed by atoms with Crippen molar-refractivity contribution in [1.29, 1.82) is 0 Å². The molecule has 0 unspecified atom stereocenters. The highest BCUT2D eigenvalue weighted by molar-refractivity contribution is 5.93. The lowest BCUT2D eigenvalue weighted by molar-refractivity contribution is -0.140. The van der Waals surface area contributed by atoms with Crippen LogP contribution in [0.15, 0.2) is 79.1 Å². The first-order valence-electron chi connectivity index (χ1n) is 17.0. The van der Waals surface area contributed by atoms with Crippen LogP contribution in [0.4, 0.5) is 8.78 Å². The van der Waals surface area contributed by atoms with Gasteiger partial charge in [0.25, 0.3) is 5.91 Å². The predicted molar refractivity (Wildman–Crippen MR) is 187 cm³/mol. The predicted octanol–water partition coefficient (Wildman–Crippen LogP) is 4.87. The molecule has 0 saturated carbocycles. The van der Waals surface area contributed by atoms with Crippen molar-refractivity contribution >= 4 is 23.4 Å². The third-order valence-corrected chi connectivity index (χ3v) is 9.19. The number of hydrogen-bond acceptors (Lipinski definition) is 6. The molecule has 3 heterocycles. The number of aromatic nitrogens is 2. The van der Waals surface area contributed by atoms with E-state index in [-0.39, 0.29) is 41.9 Å². The van der Waals surface area contributed by atoms with Gasteiger partial charge in [-0.15, -0.1) is 0 Å². The van der Waals surface area contributed by atoms with E-state index in [0.29, 0.717) is 49.4 Å². The molecular formula is C38H46F2N6O4. The molecule has 1 aliphatic rings. The number of likely N-dealkylation sites (tertiary alicyclic amines) is 1. The fourth-order valence-corrected chi connectivity index (χ4v) is 6.16. The van der Waals surface area contributed by atoms with Gasteiger partial charge in [-0.05, 0) is 86.3 Å². The molecule has 3 amide bonds. The van der Waals surface area contributed by atoms with Crippen LogP contribution in [0.1, 0.15) is 56.6 Å². The molecule has 266 valence electrons. The Hall–Kier alpha value is -4.84. The number of rotatable bonds is 13. The number of nitrogens with one attached hydrogen (secondary N) is 2. The number of imidazole rings is 1. The summed E-state index contributed by atoms with van der Waals surface area (Å²) >= 11 is 0. The van der Waals surface area contributed by atoms with Crippen molar-refractivity contribution in [1.82, 2.24) is 29.8 Å². The summed E-state index contributed by atoms with van der Waals surface area (Å²) in [5.74, 6) is -1.02. The van der Waals surface area contributed by atoms with E-state index >= 15 is 0 Å². The molecule has 5 rings (SSSR count). The fraction of sp³-hybridized carbons (Fsp3) is 0.421. The van der Waals surface area contributed by atoms with E-state index in [4.69, 9.17) is 4.74 Å². The van der Waals surface area contributed by atoms with Crippen molar-refractivity contribution in [3.63, 3.8) is 0 Å². The highest BCUT2D eigenvalue weighted by Crippen LogP contribution is 2.30. The van der Waals surface area contributed by atoms with Gasteiger partial charge in [-0.1, -0.05) is 39.0 Å². The van der Waals surface area contributed by atoms with Crippen LogP contribution in [0.25, 0.3) is 5.65 Å². The Morgan fingerprint density at radius 3 is 2.32 bits per heavy atom. The van der Waals surface area contributed by atoms with E-state index in [0.717, 1.165) is 5.56 Å². The number of hydrogen-bond donors (Lipinski definition) is 2. The van der Waals surface area contributed by atoms with E-state index < -0.39 is 23.6 Å². The van der Waals surface area contributed by atoms with Crippen LogP contribution in [-0.4, -0.2) is 87.8 Å². The van der Waals surface area contributed by atoms with E-state index in [9.17, 15) is 23.2 Å². The van der Waals surface area contributed by atoms with Crippen molar-refractivity contribution in [3.8, 4) is 5.75 Å². The summed E-state index contributed by atoms with van der Waals surface area (Å²) in [4.78, 5) is 49.4. The lowest BCUT2D eigenvalue weighted by atomic mass is 9.85. The van der Waals surface area contributed by atoms with E-state index in [1.807, 2.05) is 45.2 Å². The molecular weight excluding hydrogens is 642 g/mol. The lowest BCUT2D eigenvalue weighted by Crippen LogP contribution is -2.58. The molecule has 2 aromatic carbocycles. The smallest absolute Gasteiger partial charge is 0.274 e. The quantitative estimate of drug-likeness (QED) is 0.208. The summed E-state index contributed by atoms with van der Waals surface area (Å²) in [7, 11) is 1.68. The van der Waals surface area contributed by atoms with Crippen LogP contribution < -0.4 is 15.4 Å². The number of pyridine rings is 1. The Morgan fingerprint density at radius 1 is 1.00 bits per heavy atom. The maximum atomic E-state index is 14.4. The zero-order valence-corrected chi connectivity index (χ0v) is 29.2. The van der Waals surface area contributed by atoms with Gasteiger partial charge in [0.15, 0.2) is 0 Å².